The maximum atomic E-state index is 13.3. The van der Waals surface area contributed by atoms with Crippen LogP contribution in [0.5, 0.6) is 0 Å². The van der Waals surface area contributed by atoms with Gasteiger partial charge in [0, 0.05) is 5.56 Å². The molecule has 2 heterocycles. The van der Waals surface area contributed by atoms with E-state index in [2.05, 4.69) is 17.1 Å². The molecule has 3 aromatic carbocycles. The van der Waals surface area contributed by atoms with Crippen LogP contribution in [0.2, 0.25) is 0 Å². The minimum absolute atomic E-state index is 0.0290. The fraction of sp³-hybridized carbons (Fsp3) is 0.154. The van der Waals surface area contributed by atoms with Gasteiger partial charge in [-0.15, -0.1) is 10.2 Å². The zero-order valence-corrected chi connectivity index (χ0v) is 19.0. The molecule has 0 aliphatic heterocycles. The van der Waals surface area contributed by atoms with E-state index in [0.717, 1.165) is 17.5 Å². The van der Waals surface area contributed by atoms with Gasteiger partial charge < -0.3 is 0 Å². The maximum absolute atomic E-state index is 13.3. The molecule has 0 saturated carbocycles. The van der Waals surface area contributed by atoms with Crippen molar-refractivity contribution in [2.45, 2.75) is 25.0 Å². The second-order valence-corrected chi connectivity index (χ2v) is 8.72. The number of hydrogen-bond donors (Lipinski definition) is 0. The SMILES string of the molecule is CCc1ccc(C(=O)CSc2nnc3n(Cc4ccccc4)c(=O)c4ccccc4n23)cc1. The molecule has 5 aromatic rings. The fourth-order valence-corrected chi connectivity index (χ4v) is 4.71. The van der Waals surface area contributed by atoms with E-state index in [4.69, 9.17) is 0 Å². The number of aryl methyl sites for hydroxylation is 1. The Labute approximate surface area is 194 Å². The number of hydrogen-bond acceptors (Lipinski definition) is 5. The molecule has 0 N–H and O–H groups in total. The predicted molar refractivity (Wildman–Crippen MR) is 131 cm³/mol. The molecular weight excluding hydrogens is 432 g/mol. The number of carbonyl (C=O) groups is 1. The van der Waals surface area contributed by atoms with Crippen LogP contribution < -0.4 is 5.56 Å². The molecule has 7 heteroatoms. The van der Waals surface area contributed by atoms with Gasteiger partial charge in [0.1, 0.15) is 0 Å². The largest absolute Gasteiger partial charge is 0.293 e. The molecule has 33 heavy (non-hydrogen) atoms. The van der Waals surface area contributed by atoms with Crippen molar-refractivity contribution in [2.75, 3.05) is 5.75 Å². The van der Waals surface area contributed by atoms with Crippen LogP contribution in [0.1, 0.15) is 28.4 Å². The van der Waals surface area contributed by atoms with Crippen LogP contribution in [-0.2, 0) is 13.0 Å². The predicted octanol–water partition coefficient (Wildman–Crippen LogP) is 4.63. The number of aromatic nitrogens is 4. The summed E-state index contributed by atoms with van der Waals surface area (Å²) in [5.41, 5.74) is 3.50. The van der Waals surface area contributed by atoms with Crippen molar-refractivity contribution in [1.29, 1.82) is 0 Å². The van der Waals surface area contributed by atoms with Crippen LogP contribution in [0, 0.1) is 0 Å². The molecular formula is C26H22N4O2S. The molecule has 0 radical (unpaired) electrons. The first-order valence-electron chi connectivity index (χ1n) is 10.8. The van der Waals surface area contributed by atoms with Crippen molar-refractivity contribution in [3.05, 3.63) is 106 Å². The zero-order valence-electron chi connectivity index (χ0n) is 18.1. The molecule has 5 rings (SSSR count). The molecule has 0 atom stereocenters. The molecule has 0 aliphatic rings. The molecule has 2 aromatic heterocycles. The van der Waals surface area contributed by atoms with Gasteiger partial charge in [0.2, 0.25) is 5.78 Å². The summed E-state index contributed by atoms with van der Waals surface area (Å²) in [5.74, 6) is 0.726. The fourth-order valence-electron chi connectivity index (χ4n) is 3.88. The van der Waals surface area contributed by atoms with Gasteiger partial charge in [0.25, 0.3) is 5.56 Å². The summed E-state index contributed by atoms with van der Waals surface area (Å²) in [4.78, 5) is 26.0. The number of benzene rings is 3. The smallest absolute Gasteiger partial charge is 0.263 e. The number of carbonyl (C=O) groups excluding carboxylic acids is 1. The highest BCUT2D eigenvalue weighted by atomic mass is 32.2. The van der Waals surface area contributed by atoms with Gasteiger partial charge >= 0.3 is 0 Å². The standard InChI is InChI=1S/C26H22N4O2S/c1-2-18-12-14-20(15-13-18)23(31)17-33-26-28-27-25-29(16-19-8-4-3-5-9-19)24(32)21-10-6-7-11-22(21)30(25)26/h3-15H,2,16-17H2,1H3. The van der Waals surface area contributed by atoms with E-state index in [-0.39, 0.29) is 17.1 Å². The Morgan fingerprint density at radius 1 is 0.879 bits per heavy atom. The van der Waals surface area contributed by atoms with Gasteiger partial charge in [-0.25, -0.2) is 0 Å². The highest BCUT2D eigenvalue weighted by molar-refractivity contribution is 7.99. The van der Waals surface area contributed by atoms with Gasteiger partial charge in [-0.05, 0) is 29.7 Å². The third-order valence-electron chi connectivity index (χ3n) is 5.68. The van der Waals surface area contributed by atoms with E-state index in [1.807, 2.05) is 83.3 Å². The van der Waals surface area contributed by atoms with Crippen molar-refractivity contribution in [1.82, 2.24) is 19.2 Å². The molecule has 0 spiro atoms. The van der Waals surface area contributed by atoms with E-state index in [1.54, 1.807) is 4.57 Å². The minimum atomic E-state index is -0.113. The summed E-state index contributed by atoms with van der Waals surface area (Å²) in [7, 11) is 0. The van der Waals surface area contributed by atoms with E-state index in [1.165, 1.54) is 17.3 Å². The van der Waals surface area contributed by atoms with Crippen LogP contribution in [0.4, 0.5) is 0 Å². The highest BCUT2D eigenvalue weighted by Crippen LogP contribution is 2.23. The lowest BCUT2D eigenvalue weighted by Gasteiger charge is -2.11. The van der Waals surface area contributed by atoms with Gasteiger partial charge in [-0.3, -0.25) is 18.6 Å². The second kappa shape index (κ2) is 9.03. The van der Waals surface area contributed by atoms with Crippen molar-refractivity contribution in [2.24, 2.45) is 0 Å². The number of para-hydroxylation sites is 1. The lowest BCUT2D eigenvalue weighted by molar-refractivity contribution is 0.102. The number of rotatable bonds is 7. The van der Waals surface area contributed by atoms with Crippen LogP contribution in [0.25, 0.3) is 16.7 Å². The minimum Gasteiger partial charge on any atom is -0.293 e. The van der Waals surface area contributed by atoms with Gasteiger partial charge in [-0.1, -0.05) is 85.4 Å². The maximum Gasteiger partial charge on any atom is 0.263 e. The van der Waals surface area contributed by atoms with E-state index in [9.17, 15) is 9.59 Å². The van der Waals surface area contributed by atoms with Crippen LogP contribution in [-0.4, -0.2) is 30.7 Å². The summed E-state index contributed by atoms with van der Waals surface area (Å²) < 4.78 is 3.51. The summed E-state index contributed by atoms with van der Waals surface area (Å²) in [6.07, 6.45) is 0.937. The number of fused-ring (bicyclic) bond motifs is 3. The molecule has 6 nitrogen and oxygen atoms in total. The molecule has 0 fully saturated rings. The van der Waals surface area contributed by atoms with Crippen LogP contribution in [0.3, 0.4) is 0 Å². The van der Waals surface area contributed by atoms with E-state index < -0.39 is 0 Å². The highest BCUT2D eigenvalue weighted by Gasteiger charge is 2.18. The van der Waals surface area contributed by atoms with Crippen molar-refractivity contribution >= 4 is 34.2 Å². The Bertz CT molecular complexity index is 1510. The zero-order chi connectivity index (χ0) is 22.8. The van der Waals surface area contributed by atoms with Crippen molar-refractivity contribution < 1.29 is 4.79 Å². The summed E-state index contributed by atoms with van der Waals surface area (Å²) in [6, 6.07) is 24.9. The third-order valence-corrected chi connectivity index (χ3v) is 6.61. The first kappa shape index (κ1) is 21.2. The summed E-state index contributed by atoms with van der Waals surface area (Å²) >= 11 is 1.33. The topological polar surface area (TPSA) is 69.3 Å². The van der Waals surface area contributed by atoms with E-state index in [0.29, 0.717) is 28.4 Å². The van der Waals surface area contributed by atoms with Gasteiger partial charge in [0.15, 0.2) is 10.9 Å². The van der Waals surface area contributed by atoms with E-state index >= 15 is 0 Å². The van der Waals surface area contributed by atoms with Gasteiger partial charge in [-0.2, -0.15) is 0 Å². The molecule has 0 unspecified atom stereocenters. The quantitative estimate of drug-likeness (QED) is 0.265. The number of thioether (sulfide) groups is 1. The first-order chi connectivity index (χ1) is 16.2. The molecule has 0 saturated heterocycles. The van der Waals surface area contributed by atoms with Gasteiger partial charge in [0.05, 0.1) is 23.2 Å². The molecule has 0 aliphatic carbocycles. The monoisotopic (exact) mass is 454 g/mol. The normalized spacial score (nSPS) is 11.3. The van der Waals surface area contributed by atoms with Crippen molar-refractivity contribution in [3.63, 3.8) is 0 Å². The first-order valence-corrected chi connectivity index (χ1v) is 11.8. The Balaban J connectivity index is 1.53. The average molecular weight is 455 g/mol. The Hall–Kier alpha value is -3.71. The second-order valence-electron chi connectivity index (χ2n) is 7.77. The summed E-state index contributed by atoms with van der Waals surface area (Å²) in [6.45, 7) is 2.48. The molecule has 164 valence electrons. The Morgan fingerprint density at radius 2 is 1.61 bits per heavy atom. The van der Waals surface area contributed by atoms with Crippen LogP contribution in [0.15, 0.2) is 88.8 Å². The Morgan fingerprint density at radius 3 is 2.36 bits per heavy atom. The average Bonchev–Trinajstić information content (AvgIpc) is 3.30. The number of nitrogens with zero attached hydrogens (tertiary/aromatic N) is 4. The lowest BCUT2D eigenvalue weighted by Crippen LogP contribution is -2.24. The summed E-state index contributed by atoms with van der Waals surface area (Å²) in [5, 5.41) is 9.86. The third kappa shape index (κ3) is 4.07. The molecule has 0 amide bonds. The number of Topliss-reactive ketones (excluding diaryl/α,β-unsaturated/α-hetero) is 1. The molecule has 0 bridgehead atoms. The van der Waals surface area contributed by atoms with Crippen molar-refractivity contribution in [3.8, 4) is 0 Å². The number of ketones is 1. The lowest BCUT2D eigenvalue weighted by atomic mass is 10.1. The van der Waals surface area contributed by atoms with Crippen LogP contribution >= 0.6 is 11.8 Å². The Kier molecular flexibility index (Phi) is 5.79.